The van der Waals surface area contributed by atoms with Crippen LogP contribution in [0.1, 0.15) is 27.7 Å². The van der Waals surface area contributed by atoms with E-state index >= 15 is 0 Å². The zero-order valence-corrected chi connectivity index (χ0v) is 10.8. The van der Waals surface area contributed by atoms with Crippen LogP contribution in [0, 0.1) is 5.41 Å². The van der Waals surface area contributed by atoms with Crippen LogP contribution in [0.25, 0.3) is 0 Å². The third kappa shape index (κ3) is 4.59. The molecule has 0 bridgehead atoms. The molecule has 2 heteroatoms. The molecule has 0 fully saturated rings. The number of nitrogens with zero attached hydrogens (tertiary/aromatic N) is 1. The molecule has 11 heavy (non-hydrogen) atoms. The maximum atomic E-state index is 2.51. The predicted molar refractivity (Wildman–Crippen MR) is 56.3 cm³/mol. The molecule has 1 nitrogen and oxygen atoms in total. The fraction of sp³-hybridized carbons (Fsp3) is 1.00. The Labute approximate surface area is 74.6 Å². The Morgan fingerprint density at radius 3 is 1.91 bits per heavy atom. The van der Waals surface area contributed by atoms with Gasteiger partial charge in [0.2, 0.25) is 0 Å². The topological polar surface area (TPSA) is 3.24 Å². The Bertz CT molecular complexity index is 97.7. The molecule has 0 unspecified atom stereocenters. The van der Waals surface area contributed by atoms with E-state index in [1.165, 1.54) is 35.9 Å². The summed E-state index contributed by atoms with van der Waals surface area (Å²) in [7, 11) is 1.33. The fourth-order valence-corrected chi connectivity index (χ4v) is 1.39. The maximum Gasteiger partial charge on any atom is 0.00353 e. The standard InChI is InChI=1S/C9H23NSi/c1-5-10(6-2)7-9(3,4)8-11/h5-8H2,1-4,11H3. The van der Waals surface area contributed by atoms with Gasteiger partial charge in [0.1, 0.15) is 0 Å². The van der Waals surface area contributed by atoms with Gasteiger partial charge in [0, 0.05) is 16.8 Å². The Morgan fingerprint density at radius 1 is 1.18 bits per heavy atom. The first-order valence-electron chi connectivity index (χ1n) is 4.78. The summed E-state index contributed by atoms with van der Waals surface area (Å²) in [6, 6.07) is 1.41. The van der Waals surface area contributed by atoms with Gasteiger partial charge in [-0.2, -0.15) is 0 Å². The highest BCUT2D eigenvalue weighted by atomic mass is 28.1. The smallest absolute Gasteiger partial charge is 0.00353 e. The SMILES string of the molecule is CCN(CC)CC(C)(C)C[SiH3]. The molecule has 0 aromatic heterocycles. The van der Waals surface area contributed by atoms with E-state index in [0.29, 0.717) is 5.41 Å². The zero-order valence-electron chi connectivity index (χ0n) is 8.78. The highest BCUT2D eigenvalue weighted by Gasteiger charge is 2.17. The fourth-order valence-electron chi connectivity index (χ4n) is 1.16. The second-order valence-corrected chi connectivity index (χ2v) is 4.69. The lowest BCUT2D eigenvalue weighted by Crippen LogP contribution is -2.33. The van der Waals surface area contributed by atoms with E-state index in [-0.39, 0.29) is 0 Å². The molecule has 68 valence electrons. The average Bonchev–Trinajstić information content (AvgIpc) is 2.00. The second-order valence-electron chi connectivity index (χ2n) is 3.98. The first kappa shape index (κ1) is 11.2. The minimum absolute atomic E-state index is 0.554. The molecule has 0 atom stereocenters. The lowest BCUT2D eigenvalue weighted by molar-refractivity contribution is 0.208. The first-order chi connectivity index (χ1) is 5.05. The number of hydrogen-bond donors (Lipinski definition) is 0. The molecule has 0 aromatic rings. The summed E-state index contributed by atoms with van der Waals surface area (Å²) in [5, 5.41) is 0. The van der Waals surface area contributed by atoms with Gasteiger partial charge in [-0.25, -0.2) is 0 Å². The molecule has 0 amide bonds. The summed E-state index contributed by atoms with van der Waals surface area (Å²) < 4.78 is 0. The number of rotatable bonds is 5. The predicted octanol–water partition coefficient (Wildman–Crippen LogP) is 1.14. The molecule has 0 saturated carbocycles. The van der Waals surface area contributed by atoms with Crippen molar-refractivity contribution in [2.24, 2.45) is 5.41 Å². The van der Waals surface area contributed by atoms with Crippen LogP contribution in [0.15, 0.2) is 0 Å². The van der Waals surface area contributed by atoms with E-state index < -0.39 is 0 Å². The lowest BCUT2D eigenvalue weighted by Gasteiger charge is -2.30. The highest BCUT2D eigenvalue weighted by Crippen LogP contribution is 2.20. The molecule has 0 saturated heterocycles. The Hall–Kier alpha value is 0.177. The normalized spacial score (nSPS) is 12.8. The second kappa shape index (κ2) is 4.94. The molecular formula is C9H23NSi. The van der Waals surface area contributed by atoms with Gasteiger partial charge in [-0.05, 0) is 18.5 Å². The zero-order chi connectivity index (χ0) is 8.91. The van der Waals surface area contributed by atoms with Crippen molar-refractivity contribution in [2.75, 3.05) is 19.6 Å². The van der Waals surface area contributed by atoms with Crippen LogP contribution >= 0.6 is 0 Å². The Kier molecular flexibility index (Phi) is 5.02. The van der Waals surface area contributed by atoms with Crippen LogP contribution < -0.4 is 0 Å². The molecule has 0 aromatic carbocycles. The van der Waals surface area contributed by atoms with Gasteiger partial charge in [0.05, 0.1) is 0 Å². The summed E-state index contributed by atoms with van der Waals surface area (Å²) in [6.07, 6.45) is 0. The summed E-state index contributed by atoms with van der Waals surface area (Å²) >= 11 is 0. The van der Waals surface area contributed by atoms with E-state index in [1.807, 2.05) is 0 Å². The summed E-state index contributed by atoms with van der Waals surface area (Å²) in [5.74, 6) is 0. The molecule has 0 rings (SSSR count). The molecule has 0 spiro atoms. The van der Waals surface area contributed by atoms with E-state index in [0.717, 1.165) is 0 Å². The van der Waals surface area contributed by atoms with Crippen molar-refractivity contribution >= 4 is 10.2 Å². The molecule has 0 aliphatic heterocycles. The summed E-state index contributed by atoms with van der Waals surface area (Å²) in [5.41, 5.74) is 0.554. The molecule has 0 aliphatic rings. The summed E-state index contributed by atoms with van der Waals surface area (Å²) in [6.45, 7) is 12.9. The van der Waals surface area contributed by atoms with Gasteiger partial charge in [0.25, 0.3) is 0 Å². The average molecular weight is 173 g/mol. The summed E-state index contributed by atoms with van der Waals surface area (Å²) in [4.78, 5) is 2.51. The third-order valence-electron chi connectivity index (χ3n) is 2.50. The molecule has 0 N–H and O–H groups in total. The molecule has 0 aliphatic carbocycles. The van der Waals surface area contributed by atoms with Crippen LogP contribution in [0.4, 0.5) is 0 Å². The van der Waals surface area contributed by atoms with Crippen LogP contribution in [0.5, 0.6) is 0 Å². The van der Waals surface area contributed by atoms with Crippen molar-refractivity contribution in [2.45, 2.75) is 33.7 Å². The van der Waals surface area contributed by atoms with Crippen molar-refractivity contribution in [3.05, 3.63) is 0 Å². The van der Waals surface area contributed by atoms with E-state index in [2.05, 4.69) is 32.6 Å². The highest BCUT2D eigenvalue weighted by molar-refractivity contribution is 6.08. The van der Waals surface area contributed by atoms with Crippen molar-refractivity contribution in [3.63, 3.8) is 0 Å². The van der Waals surface area contributed by atoms with Gasteiger partial charge in [-0.15, -0.1) is 0 Å². The Balaban J connectivity index is 3.79. The van der Waals surface area contributed by atoms with Crippen LogP contribution in [0.2, 0.25) is 6.04 Å². The third-order valence-corrected chi connectivity index (χ3v) is 4.42. The van der Waals surface area contributed by atoms with Gasteiger partial charge < -0.3 is 4.90 Å². The minimum atomic E-state index is 0.554. The van der Waals surface area contributed by atoms with Crippen LogP contribution in [-0.4, -0.2) is 34.8 Å². The van der Waals surface area contributed by atoms with Gasteiger partial charge in [0.15, 0.2) is 0 Å². The minimum Gasteiger partial charge on any atom is -0.303 e. The van der Waals surface area contributed by atoms with Crippen molar-refractivity contribution in [1.29, 1.82) is 0 Å². The van der Waals surface area contributed by atoms with E-state index in [4.69, 9.17) is 0 Å². The van der Waals surface area contributed by atoms with Crippen molar-refractivity contribution < 1.29 is 0 Å². The molecular weight excluding hydrogens is 150 g/mol. The van der Waals surface area contributed by atoms with Gasteiger partial charge in [-0.3, -0.25) is 0 Å². The molecule has 0 heterocycles. The van der Waals surface area contributed by atoms with E-state index in [1.54, 1.807) is 0 Å². The maximum absolute atomic E-state index is 2.51. The van der Waals surface area contributed by atoms with Crippen LogP contribution in [-0.2, 0) is 0 Å². The first-order valence-corrected chi connectivity index (χ1v) is 6.19. The molecule has 0 radical (unpaired) electrons. The van der Waals surface area contributed by atoms with Crippen molar-refractivity contribution in [1.82, 2.24) is 4.90 Å². The largest absolute Gasteiger partial charge is 0.303 e. The monoisotopic (exact) mass is 173 g/mol. The van der Waals surface area contributed by atoms with Crippen molar-refractivity contribution in [3.8, 4) is 0 Å². The quantitative estimate of drug-likeness (QED) is 0.564. The lowest BCUT2D eigenvalue weighted by atomic mass is 9.95. The van der Waals surface area contributed by atoms with E-state index in [9.17, 15) is 0 Å². The van der Waals surface area contributed by atoms with Gasteiger partial charge >= 0.3 is 0 Å². The number of hydrogen-bond acceptors (Lipinski definition) is 1. The van der Waals surface area contributed by atoms with Crippen LogP contribution in [0.3, 0.4) is 0 Å². The Morgan fingerprint density at radius 2 is 1.64 bits per heavy atom. The van der Waals surface area contributed by atoms with Gasteiger partial charge in [-0.1, -0.05) is 33.7 Å².